The lowest BCUT2D eigenvalue weighted by atomic mass is 9.93. The van der Waals surface area contributed by atoms with Gasteiger partial charge >= 0.3 is 0 Å². The molecule has 1 N–H and O–H groups in total. The zero-order valence-electron chi connectivity index (χ0n) is 11.5. The standard InChI is InChI=1S/C17H22BrN/c1-19-14(8-10-2-6-13(18)7-3-10)17-15-11-4-5-12(9-11)16(15)17/h2-3,6-7,11-12,14-17,19H,4-5,8-9H2,1H3. The van der Waals surface area contributed by atoms with Gasteiger partial charge in [-0.1, -0.05) is 28.1 Å². The first-order valence-electron chi connectivity index (χ1n) is 7.69. The summed E-state index contributed by atoms with van der Waals surface area (Å²) in [5.41, 5.74) is 1.47. The number of benzene rings is 1. The van der Waals surface area contributed by atoms with Crippen LogP contribution in [0.15, 0.2) is 28.7 Å². The Balaban J connectivity index is 1.46. The number of hydrogen-bond acceptors (Lipinski definition) is 1. The van der Waals surface area contributed by atoms with Crippen LogP contribution in [0.4, 0.5) is 0 Å². The van der Waals surface area contributed by atoms with E-state index in [1.807, 2.05) is 0 Å². The molecule has 1 aromatic carbocycles. The zero-order chi connectivity index (χ0) is 13.0. The van der Waals surface area contributed by atoms with Crippen molar-refractivity contribution in [1.29, 1.82) is 0 Å². The fraction of sp³-hybridized carbons (Fsp3) is 0.647. The second-order valence-electron chi connectivity index (χ2n) is 6.79. The van der Waals surface area contributed by atoms with Crippen molar-refractivity contribution in [3.63, 3.8) is 0 Å². The fourth-order valence-electron chi connectivity index (χ4n) is 5.24. The average molecular weight is 320 g/mol. The van der Waals surface area contributed by atoms with Gasteiger partial charge in [0, 0.05) is 10.5 Å². The average Bonchev–Trinajstić information content (AvgIpc) is 2.86. The van der Waals surface area contributed by atoms with E-state index >= 15 is 0 Å². The normalized spacial score (nSPS) is 40.2. The van der Waals surface area contributed by atoms with Crippen molar-refractivity contribution >= 4 is 15.9 Å². The van der Waals surface area contributed by atoms with Gasteiger partial charge < -0.3 is 5.32 Å². The Bertz CT molecular complexity index is 453. The summed E-state index contributed by atoms with van der Waals surface area (Å²) in [7, 11) is 2.15. The van der Waals surface area contributed by atoms with Crippen molar-refractivity contribution < 1.29 is 0 Å². The molecule has 3 aliphatic carbocycles. The van der Waals surface area contributed by atoms with E-state index in [0.29, 0.717) is 6.04 Å². The van der Waals surface area contributed by atoms with Crippen LogP contribution in [-0.4, -0.2) is 13.1 Å². The lowest BCUT2D eigenvalue weighted by Crippen LogP contribution is -2.32. The molecule has 3 saturated carbocycles. The first-order chi connectivity index (χ1) is 9.28. The van der Waals surface area contributed by atoms with Crippen LogP contribution in [0.25, 0.3) is 0 Å². The van der Waals surface area contributed by atoms with Crippen molar-refractivity contribution in [2.45, 2.75) is 31.7 Å². The first-order valence-corrected chi connectivity index (χ1v) is 8.49. The molecule has 2 bridgehead atoms. The molecule has 3 fully saturated rings. The van der Waals surface area contributed by atoms with E-state index in [0.717, 1.165) is 29.6 Å². The van der Waals surface area contributed by atoms with Crippen LogP contribution in [0.3, 0.4) is 0 Å². The van der Waals surface area contributed by atoms with Crippen LogP contribution >= 0.6 is 15.9 Å². The molecule has 5 atom stereocenters. The third-order valence-corrected chi connectivity index (χ3v) is 6.53. The largest absolute Gasteiger partial charge is 0.316 e. The molecule has 2 heteroatoms. The van der Waals surface area contributed by atoms with Crippen LogP contribution in [0, 0.1) is 29.6 Å². The smallest absolute Gasteiger partial charge is 0.0175 e. The highest BCUT2D eigenvalue weighted by molar-refractivity contribution is 9.10. The van der Waals surface area contributed by atoms with Gasteiger partial charge in [-0.25, -0.2) is 0 Å². The van der Waals surface area contributed by atoms with E-state index < -0.39 is 0 Å². The highest BCUT2D eigenvalue weighted by atomic mass is 79.9. The number of fused-ring (bicyclic) bond motifs is 5. The molecule has 0 saturated heterocycles. The maximum absolute atomic E-state index is 3.61. The molecule has 0 aliphatic heterocycles. The van der Waals surface area contributed by atoms with Gasteiger partial charge in [0.15, 0.2) is 0 Å². The predicted octanol–water partition coefficient (Wildman–Crippen LogP) is 3.87. The van der Waals surface area contributed by atoms with Gasteiger partial charge in [0.25, 0.3) is 0 Å². The van der Waals surface area contributed by atoms with Gasteiger partial charge in [0.2, 0.25) is 0 Å². The first kappa shape index (κ1) is 12.4. The molecule has 0 spiro atoms. The van der Waals surface area contributed by atoms with Gasteiger partial charge in [0.1, 0.15) is 0 Å². The number of hydrogen-bond donors (Lipinski definition) is 1. The predicted molar refractivity (Wildman–Crippen MR) is 82.0 cm³/mol. The fourth-order valence-corrected chi connectivity index (χ4v) is 5.50. The molecular weight excluding hydrogens is 298 g/mol. The summed E-state index contributed by atoms with van der Waals surface area (Å²) >= 11 is 3.52. The minimum atomic E-state index is 0.694. The Kier molecular flexibility index (Phi) is 3.00. The van der Waals surface area contributed by atoms with Crippen LogP contribution in [0.2, 0.25) is 0 Å². The molecule has 3 aliphatic rings. The van der Waals surface area contributed by atoms with E-state index in [1.54, 1.807) is 6.42 Å². The second-order valence-corrected chi connectivity index (χ2v) is 7.71. The summed E-state index contributed by atoms with van der Waals surface area (Å²) in [6, 6.07) is 9.56. The number of likely N-dealkylation sites (N-methyl/N-ethyl adjacent to an activating group) is 1. The quantitative estimate of drug-likeness (QED) is 0.888. The van der Waals surface area contributed by atoms with Crippen molar-refractivity contribution in [2.75, 3.05) is 7.05 Å². The van der Waals surface area contributed by atoms with Gasteiger partial charge in [-0.05, 0) is 80.0 Å². The highest BCUT2D eigenvalue weighted by Gasteiger charge is 2.66. The van der Waals surface area contributed by atoms with Crippen LogP contribution < -0.4 is 5.32 Å². The monoisotopic (exact) mass is 319 g/mol. The van der Waals surface area contributed by atoms with E-state index in [9.17, 15) is 0 Å². The summed E-state index contributed by atoms with van der Waals surface area (Å²) in [5, 5.41) is 3.61. The lowest BCUT2D eigenvalue weighted by Gasteiger charge is -2.20. The molecule has 0 heterocycles. The summed E-state index contributed by atoms with van der Waals surface area (Å²) in [4.78, 5) is 0. The molecule has 102 valence electrons. The Morgan fingerprint density at radius 3 is 2.37 bits per heavy atom. The number of halogens is 1. The molecular formula is C17H22BrN. The molecule has 4 rings (SSSR count). The minimum Gasteiger partial charge on any atom is -0.316 e. The third kappa shape index (κ3) is 1.99. The van der Waals surface area contributed by atoms with Crippen LogP contribution in [0.5, 0.6) is 0 Å². The van der Waals surface area contributed by atoms with E-state index in [4.69, 9.17) is 0 Å². The topological polar surface area (TPSA) is 12.0 Å². The van der Waals surface area contributed by atoms with Crippen molar-refractivity contribution in [3.8, 4) is 0 Å². The summed E-state index contributed by atoms with van der Waals surface area (Å²) in [6.07, 6.45) is 5.80. The molecule has 5 unspecified atom stereocenters. The summed E-state index contributed by atoms with van der Waals surface area (Å²) in [6.45, 7) is 0. The Labute approximate surface area is 124 Å². The second kappa shape index (κ2) is 4.60. The van der Waals surface area contributed by atoms with Gasteiger partial charge in [0.05, 0.1) is 0 Å². The maximum Gasteiger partial charge on any atom is 0.0175 e. The number of nitrogens with one attached hydrogen (secondary N) is 1. The Morgan fingerprint density at radius 2 is 1.79 bits per heavy atom. The Hall–Kier alpha value is -0.340. The molecule has 0 radical (unpaired) electrons. The highest BCUT2D eigenvalue weighted by Crippen LogP contribution is 2.70. The zero-order valence-corrected chi connectivity index (χ0v) is 13.1. The summed E-state index contributed by atoms with van der Waals surface area (Å²) in [5.74, 6) is 5.29. The number of rotatable bonds is 4. The lowest BCUT2D eigenvalue weighted by molar-refractivity contribution is 0.376. The Morgan fingerprint density at radius 1 is 1.16 bits per heavy atom. The van der Waals surface area contributed by atoms with Crippen LogP contribution in [0.1, 0.15) is 24.8 Å². The van der Waals surface area contributed by atoms with Gasteiger partial charge in [-0.3, -0.25) is 0 Å². The van der Waals surface area contributed by atoms with E-state index in [1.165, 1.54) is 29.3 Å². The van der Waals surface area contributed by atoms with E-state index in [-0.39, 0.29) is 0 Å². The molecule has 0 aromatic heterocycles. The molecule has 1 nitrogen and oxygen atoms in total. The SMILES string of the molecule is CNC(Cc1ccc(Br)cc1)C1C2C3CCC(C3)C21. The van der Waals surface area contributed by atoms with Crippen molar-refractivity contribution in [1.82, 2.24) is 5.32 Å². The van der Waals surface area contributed by atoms with Crippen molar-refractivity contribution in [3.05, 3.63) is 34.3 Å². The minimum absolute atomic E-state index is 0.694. The van der Waals surface area contributed by atoms with Gasteiger partial charge in [-0.15, -0.1) is 0 Å². The third-order valence-electron chi connectivity index (χ3n) is 6.00. The maximum atomic E-state index is 3.61. The summed E-state index contributed by atoms with van der Waals surface area (Å²) < 4.78 is 1.18. The van der Waals surface area contributed by atoms with Crippen LogP contribution in [-0.2, 0) is 6.42 Å². The molecule has 0 amide bonds. The van der Waals surface area contributed by atoms with E-state index in [2.05, 4.69) is 52.6 Å². The molecule has 1 aromatic rings. The van der Waals surface area contributed by atoms with Gasteiger partial charge in [-0.2, -0.15) is 0 Å². The molecule has 19 heavy (non-hydrogen) atoms. The van der Waals surface area contributed by atoms with Crippen molar-refractivity contribution in [2.24, 2.45) is 29.6 Å².